The van der Waals surface area contributed by atoms with Crippen molar-refractivity contribution in [2.24, 2.45) is 0 Å². The summed E-state index contributed by atoms with van der Waals surface area (Å²) in [6.07, 6.45) is 7.81. The Balaban J connectivity index is 1.40. The van der Waals surface area contributed by atoms with Crippen molar-refractivity contribution in [1.82, 2.24) is 14.5 Å². The Labute approximate surface area is 146 Å². The second kappa shape index (κ2) is 7.28. The van der Waals surface area contributed by atoms with Crippen molar-refractivity contribution in [3.63, 3.8) is 0 Å². The summed E-state index contributed by atoms with van der Waals surface area (Å²) in [7, 11) is 0. The molecule has 0 aliphatic rings. The van der Waals surface area contributed by atoms with Crippen molar-refractivity contribution < 1.29 is 4.74 Å². The molecule has 25 heavy (non-hydrogen) atoms. The normalized spacial score (nSPS) is 11.7. The molecule has 4 heteroatoms. The van der Waals surface area contributed by atoms with Gasteiger partial charge in [-0.3, -0.25) is 4.98 Å². The zero-order valence-electron chi connectivity index (χ0n) is 13.9. The van der Waals surface area contributed by atoms with E-state index in [-0.39, 0.29) is 0 Å². The summed E-state index contributed by atoms with van der Waals surface area (Å²) in [4.78, 5) is 8.91. The zero-order chi connectivity index (χ0) is 16.9. The van der Waals surface area contributed by atoms with Gasteiger partial charge in [0.25, 0.3) is 0 Å². The Morgan fingerprint density at radius 1 is 0.920 bits per heavy atom. The first-order valence-corrected chi connectivity index (χ1v) is 8.40. The molecule has 2 aromatic carbocycles. The number of fused-ring (bicyclic) bond motifs is 3. The van der Waals surface area contributed by atoms with Gasteiger partial charge >= 0.3 is 0 Å². The second-order valence-corrected chi connectivity index (χ2v) is 5.84. The molecule has 2 aromatic heterocycles. The fourth-order valence-electron chi connectivity index (χ4n) is 2.93. The molecule has 4 aromatic rings. The van der Waals surface area contributed by atoms with Gasteiger partial charge in [0, 0.05) is 11.9 Å². The highest BCUT2D eigenvalue weighted by molar-refractivity contribution is 6.01. The average Bonchev–Trinajstić information content (AvgIpc) is 3.09. The predicted molar refractivity (Wildman–Crippen MR) is 101 cm³/mol. The van der Waals surface area contributed by atoms with Crippen LogP contribution in [0.4, 0.5) is 0 Å². The highest BCUT2D eigenvalue weighted by Gasteiger charge is 2.07. The van der Waals surface area contributed by atoms with E-state index >= 15 is 0 Å². The first-order valence-electron chi connectivity index (χ1n) is 8.40. The Kier molecular flexibility index (Phi) is 4.53. The van der Waals surface area contributed by atoms with Crippen LogP contribution in [0.15, 0.2) is 73.2 Å². The first-order chi connectivity index (χ1) is 12.4. The maximum absolute atomic E-state index is 5.74. The van der Waals surface area contributed by atoms with Crippen LogP contribution < -0.4 is 0 Å². The molecular formula is C21H19N3O. The van der Waals surface area contributed by atoms with Crippen molar-refractivity contribution in [3.05, 3.63) is 78.8 Å². The van der Waals surface area contributed by atoms with Crippen molar-refractivity contribution in [2.75, 3.05) is 13.2 Å². The van der Waals surface area contributed by atoms with Crippen LogP contribution in [-0.2, 0) is 11.3 Å². The largest absolute Gasteiger partial charge is 0.376 e. The lowest BCUT2D eigenvalue weighted by Gasteiger charge is -2.06. The SMILES string of the molecule is C(=Cc1ccccc1)COCCn1cnc2cnc3ccccc3c21. The van der Waals surface area contributed by atoms with Gasteiger partial charge in [-0.2, -0.15) is 0 Å². The average molecular weight is 329 g/mol. The molecule has 0 spiro atoms. The van der Waals surface area contributed by atoms with E-state index < -0.39 is 0 Å². The Morgan fingerprint density at radius 3 is 2.68 bits per heavy atom. The molecule has 4 rings (SSSR count). The number of benzene rings is 2. The van der Waals surface area contributed by atoms with Gasteiger partial charge < -0.3 is 9.30 Å². The fraction of sp³-hybridized carbons (Fsp3) is 0.143. The molecule has 0 N–H and O–H groups in total. The van der Waals surface area contributed by atoms with E-state index in [1.807, 2.05) is 55.0 Å². The predicted octanol–water partition coefficient (Wildman–Crippen LogP) is 4.31. The summed E-state index contributed by atoms with van der Waals surface area (Å²) >= 11 is 0. The van der Waals surface area contributed by atoms with Gasteiger partial charge in [-0.05, 0) is 11.6 Å². The van der Waals surface area contributed by atoms with Crippen molar-refractivity contribution >= 4 is 28.0 Å². The van der Waals surface area contributed by atoms with Crippen molar-refractivity contribution in [1.29, 1.82) is 0 Å². The van der Waals surface area contributed by atoms with Crippen LogP contribution in [0.25, 0.3) is 28.0 Å². The van der Waals surface area contributed by atoms with E-state index in [0.717, 1.165) is 28.5 Å². The van der Waals surface area contributed by atoms with Crippen LogP contribution in [0.5, 0.6) is 0 Å². The molecule has 0 aliphatic heterocycles. The minimum Gasteiger partial charge on any atom is -0.376 e. The van der Waals surface area contributed by atoms with Gasteiger partial charge in [-0.1, -0.05) is 60.7 Å². The van der Waals surface area contributed by atoms with Crippen LogP contribution in [0, 0.1) is 0 Å². The van der Waals surface area contributed by atoms with Crippen molar-refractivity contribution in [2.45, 2.75) is 6.54 Å². The maximum Gasteiger partial charge on any atom is 0.107 e. The molecule has 4 nitrogen and oxygen atoms in total. The number of ether oxygens (including phenoxy) is 1. The zero-order valence-corrected chi connectivity index (χ0v) is 13.9. The van der Waals surface area contributed by atoms with Gasteiger partial charge in [0.1, 0.15) is 5.52 Å². The molecule has 0 radical (unpaired) electrons. The lowest BCUT2D eigenvalue weighted by atomic mass is 10.2. The number of hydrogen-bond acceptors (Lipinski definition) is 3. The van der Waals surface area contributed by atoms with Crippen LogP contribution >= 0.6 is 0 Å². The lowest BCUT2D eigenvalue weighted by Crippen LogP contribution is -2.05. The number of rotatable bonds is 6. The number of aromatic nitrogens is 3. The van der Waals surface area contributed by atoms with Gasteiger partial charge in [0.05, 0.1) is 36.8 Å². The van der Waals surface area contributed by atoms with Crippen molar-refractivity contribution in [3.8, 4) is 0 Å². The van der Waals surface area contributed by atoms with E-state index in [1.54, 1.807) is 0 Å². The van der Waals surface area contributed by atoms with E-state index in [4.69, 9.17) is 4.74 Å². The van der Waals surface area contributed by atoms with Crippen LogP contribution in [0.1, 0.15) is 5.56 Å². The molecule has 0 saturated carbocycles. The maximum atomic E-state index is 5.74. The lowest BCUT2D eigenvalue weighted by molar-refractivity contribution is 0.154. The minimum atomic E-state index is 0.601. The first kappa shape index (κ1) is 15.5. The molecule has 0 unspecified atom stereocenters. The molecule has 0 saturated heterocycles. The monoisotopic (exact) mass is 329 g/mol. The van der Waals surface area contributed by atoms with Gasteiger partial charge in [-0.25, -0.2) is 4.98 Å². The number of pyridine rings is 1. The molecule has 2 heterocycles. The molecule has 0 bridgehead atoms. The third-order valence-corrected chi connectivity index (χ3v) is 4.15. The van der Waals surface area contributed by atoms with E-state index in [1.165, 1.54) is 5.56 Å². The summed E-state index contributed by atoms with van der Waals surface area (Å²) in [6.45, 7) is 2.01. The number of imidazole rings is 1. The third kappa shape index (κ3) is 3.44. The van der Waals surface area contributed by atoms with Crippen LogP contribution in [0.2, 0.25) is 0 Å². The quantitative estimate of drug-likeness (QED) is 0.495. The molecule has 124 valence electrons. The van der Waals surface area contributed by atoms with Crippen LogP contribution in [0.3, 0.4) is 0 Å². The highest BCUT2D eigenvalue weighted by atomic mass is 16.5. The molecule has 0 atom stereocenters. The topological polar surface area (TPSA) is 39.9 Å². The van der Waals surface area contributed by atoms with Gasteiger partial charge in [-0.15, -0.1) is 0 Å². The molecular weight excluding hydrogens is 310 g/mol. The Bertz CT molecular complexity index is 1010. The summed E-state index contributed by atoms with van der Waals surface area (Å²) in [5.41, 5.74) is 4.21. The summed E-state index contributed by atoms with van der Waals surface area (Å²) < 4.78 is 7.88. The summed E-state index contributed by atoms with van der Waals surface area (Å²) in [5.74, 6) is 0. The Hall–Kier alpha value is -2.98. The van der Waals surface area contributed by atoms with Gasteiger partial charge in [0.15, 0.2) is 0 Å². The summed E-state index contributed by atoms with van der Waals surface area (Å²) in [5, 5.41) is 1.13. The summed E-state index contributed by atoms with van der Waals surface area (Å²) in [6, 6.07) is 18.4. The molecule has 0 amide bonds. The minimum absolute atomic E-state index is 0.601. The number of para-hydroxylation sites is 1. The van der Waals surface area contributed by atoms with Gasteiger partial charge in [0.2, 0.25) is 0 Å². The van der Waals surface area contributed by atoms with E-state index in [9.17, 15) is 0 Å². The molecule has 0 aliphatic carbocycles. The van der Waals surface area contributed by atoms with E-state index in [2.05, 4.69) is 38.8 Å². The second-order valence-electron chi connectivity index (χ2n) is 5.84. The highest BCUT2D eigenvalue weighted by Crippen LogP contribution is 2.22. The standard InChI is InChI=1S/C21H19N3O/c1-2-7-17(8-3-1)9-6-13-25-14-12-24-16-23-20-15-22-19-11-5-4-10-18(19)21(20)24/h1-11,15-16H,12-14H2. The number of hydrogen-bond donors (Lipinski definition) is 0. The third-order valence-electron chi connectivity index (χ3n) is 4.15. The van der Waals surface area contributed by atoms with Crippen LogP contribution in [-0.4, -0.2) is 27.7 Å². The fourth-order valence-corrected chi connectivity index (χ4v) is 2.93. The van der Waals surface area contributed by atoms with E-state index in [0.29, 0.717) is 13.2 Å². The molecule has 0 fully saturated rings. The smallest absolute Gasteiger partial charge is 0.107 e. The Morgan fingerprint density at radius 2 is 1.76 bits per heavy atom. The number of nitrogens with zero attached hydrogens (tertiary/aromatic N) is 3.